The van der Waals surface area contributed by atoms with Crippen LogP contribution in [0, 0.1) is 0 Å². The predicted molar refractivity (Wildman–Crippen MR) is 131 cm³/mol. The van der Waals surface area contributed by atoms with Crippen molar-refractivity contribution in [2.75, 3.05) is 19.6 Å². The first kappa shape index (κ1) is 25.7. The Kier molecular flexibility index (Phi) is 7.65. The van der Waals surface area contributed by atoms with Gasteiger partial charge in [-0.15, -0.1) is 0 Å². The third kappa shape index (κ3) is 6.06. The molecule has 1 aliphatic rings. The van der Waals surface area contributed by atoms with Gasteiger partial charge >= 0.3 is 12.1 Å². The van der Waals surface area contributed by atoms with E-state index in [1.165, 1.54) is 10.9 Å². The monoisotopic (exact) mass is 520 g/mol. The number of likely N-dealkylation sites (tertiary alicyclic amines) is 1. The van der Waals surface area contributed by atoms with Crippen LogP contribution in [0.5, 0.6) is 0 Å². The number of aromatic amines is 2. The van der Waals surface area contributed by atoms with Gasteiger partial charge in [0.2, 0.25) is 0 Å². The summed E-state index contributed by atoms with van der Waals surface area (Å²) in [6.45, 7) is 3.08. The molecule has 36 heavy (non-hydrogen) atoms. The molecule has 11 heteroatoms. The molecule has 4 aromatic rings. The zero-order chi connectivity index (χ0) is 25.9. The van der Waals surface area contributed by atoms with Gasteiger partial charge in [0.1, 0.15) is 5.82 Å². The minimum absolute atomic E-state index is 0.0348. The largest absolute Gasteiger partial charge is 0.490 e. The maximum absolute atomic E-state index is 12.4. The number of para-hydroxylation sites is 1. The molecule has 2 aromatic carbocycles. The van der Waals surface area contributed by atoms with E-state index in [1.807, 2.05) is 36.4 Å². The average Bonchev–Trinajstić information content (AvgIpc) is 3.25. The molecule has 3 N–H and O–H groups in total. The summed E-state index contributed by atoms with van der Waals surface area (Å²) in [5, 5.41) is 9.80. The summed E-state index contributed by atoms with van der Waals surface area (Å²) in [7, 11) is 0. The highest BCUT2D eigenvalue weighted by atomic mass is 35.5. The Hall–Kier alpha value is -3.37. The molecule has 0 unspecified atom stereocenters. The number of hydrogen-bond donors (Lipinski definition) is 3. The van der Waals surface area contributed by atoms with Crippen molar-refractivity contribution in [2.45, 2.75) is 31.4 Å². The maximum Gasteiger partial charge on any atom is 0.490 e. The van der Waals surface area contributed by atoms with E-state index in [1.54, 1.807) is 0 Å². The second-order valence-corrected chi connectivity index (χ2v) is 9.08. The molecule has 0 radical (unpaired) electrons. The van der Waals surface area contributed by atoms with Gasteiger partial charge in [-0.2, -0.15) is 13.2 Å². The molecule has 0 saturated carbocycles. The fraction of sp³-hybridized carbons (Fsp3) is 0.320. The van der Waals surface area contributed by atoms with Crippen molar-refractivity contribution in [3.8, 4) is 0 Å². The van der Waals surface area contributed by atoms with Crippen molar-refractivity contribution in [1.82, 2.24) is 19.9 Å². The Bertz CT molecular complexity index is 1430. The number of hydrogen-bond acceptors (Lipinski definition) is 4. The van der Waals surface area contributed by atoms with Crippen LogP contribution < -0.4 is 5.56 Å². The molecule has 1 fully saturated rings. The number of H-pyrrole nitrogens is 2. The Morgan fingerprint density at radius 1 is 1.14 bits per heavy atom. The van der Waals surface area contributed by atoms with Gasteiger partial charge in [-0.25, -0.2) is 9.78 Å². The number of fused-ring (bicyclic) bond motifs is 2. The first-order valence-electron chi connectivity index (χ1n) is 11.4. The molecule has 0 bridgehead atoms. The molecule has 1 aliphatic heterocycles. The number of nitrogens with zero attached hydrogens (tertiary/aromatic N) is 2. The summed E-state index contributed by atoms with van der Waals surface area (Å²) in [5.74, 6) is -1.60. The van der Waals surface area contributed by atoms with E-state index in [0.29, 0.717) is 11.3 Å². The Morgan fingerprint density at radius 3 is 2.53 bits per heavy atom. The van der Waals surface area contributed by atoms with Crippen LogP contribution in [0.4, 0.5) is 13.2 Å². The average molecular weight is 521 g/mol. The van der Waals surface area contributed by atoms with E-state index < -0.39 is 12.1 Å². The number of nitrogens with one attached hydrogen (secondary N) is 2. The van der Waals surface area contributed by atoms with Gasteiger partial charge in [0.25, 0.3) is 5.56 Å². The third-order valence-electron chi connectivity index (χ3n) is 6.27. The molecular formula is C25H24ClF3N4O3. The topological polar surface area (TPSA) is 102 Å². The summed E-state index contributed by atoms with van der Waals surface area (Å²) in [4.78, 5) is 34.8. The second kappa shape index (κ2) is 10.7. The fourth-order valence-electron chi connectivity index (χ4n) is 4.37. The van der Waals surface area contributed by atoms with Gasteiger partial charge in [0.15, 0.2) is 0 Å². The number of aromatic nitrogens is 3. The molecule has 190 valence electrons. The molecule has 2 aromatic heterocycles. The molecule has 0 atom stereocenters. The Balaban J connectivity index is 0.000000384. The SMILES string of the molecule is O=C(O)C(F)(F)F.O=c1[nH]c(C2CCN(CCc3c[nH]c4cc(Cl)ccc34)CC2)nc2ccccc12. The Morgan fingerprint density at radius 2 is 1.83 bits per heavy atom. The van der Waals surface area contributed by atoms with Crippen LogP contribution in [0.25, 0.3) is 21.8 Å². The number of carboxylic acid groups (broad SMARTS) is 1. The van der Waals surface area contributed by atoms with E-state index in [4.69, 9.17) is 26.5 Å². The Labute approximate surface area is 208 Å². The van der Waals surface area contributed by atoms with Crippen molar-refractivity contribution >= 4 is 39.4 Å². The zero-order valence-corrected chi connectivity index (χ0v) is 19.9. The molecule has 7 nitrogen and oxygen atoms in total. The molecule has 3 heterocycles. The number of piperidine rings is 1. The van der Waals surface area contributed by atoms with Crippen molar-refractivity contribution < 1.29 is 23.1 Å². The molecular weight excluding hydrogens is 497 g/mol. The smallest absolute Gasteiger partial charge is 0.475 e. The van der Waals surface area contributed by atoms with E-state index in [-0.39, 0.29) is 5.56 Å². The molecule has 0 amide bonds. The standard InChI is InChI=1S/C23H23ClN4O.C2HF3O2/c24-17-5-6-18-16(14-25-21(18)13-17)9-12-28-10-7-15(8-11-28)22-26-20-4-2-1-3-19(20)23(29)27-22;3-2(4,5)1(6)7/h1-6,13-15,25H,7-12H2,(H,26,27,29);(H,6,7). The number of halogens is 4. The van der Waals surface area contributed by atoms with Gasteiger partial charge in [-0.3, -0.25) is 4.79 Å². The summed E-state index contributed by atoms with van der Waals surface area (Å²) in [6.07, 6.45) is 0.0599. The number of aliphatic carboxylic acids is 1. The predicted octanol–water partition coefficient (Wildman–Crippen LogP) is 5.11. The van der Waals surface area contributed by atoms with Gasteiger partial charge in [0, 0.05) is 34.6 Å². The van der Waals surface area contributed by atoms with Crippen molar-refractivity contribution in [3.05, 3.63) is 75.4 Å². The highest BCUT2D eigenvalue weighted by Gasteiger charge is 2.38. The highest BCUT2D eigenvalue weighted by molar-refractivity contribution is 6.31. The number of carboxylic acids is 1. The zero-order valence-electron chi connectivity index (χ0n) is 19.1. The lowest BCUT2D eigenvalue weighted by Gasteiger charge is -2.31. The van der Waals surface area contributed by atoms with Crippen LogP contribution in [-0.4, -0.2) is 56.7 Å². The summed E-state index contributed by atoms with van der Waals surface area (Å²) in [5.41, 5.74) is 3.18. The molecule has 1 saturated heterocycles. The van der Waals surface area contributed by atoms with E-state index in [2.05, 4.69) is 27.1 Å². The molecule has 5 rings (SSSR count). The lowest BCUT2D eigenvalue weighted by molar-refractivity contribution is -0.192. The summed E-state index contributed by atoms with van der Waals surface area (Å²) in [6, 6.07) is 13.6. The number of alkyl halides is 3. The highest BCUT2D eigenvalue weighted by Crippen LogP contribution is 2.27. The number of rotatable bonds is 4. The van der Waals surface area contributed by atoms with Gasteiger partial charge in [0.05, 0.1) is 10.9 Å². The van der Waals surface area contributed by atoms with Crippen molar-refractivity contribution in [1.29, 1.82) is 0 Å². The van der Waals surface area contributed by atoms with Crippen LogP contribution in [0.1, 0.15) is 30.1 Å². The number of benzene rings is 2. The molecule has 0 spiro atoms. The minimum Gasteiger partial charge on any atom is -0.475 e. The quantitative estimate of drug-likeness (QED) is 0.347. The van der Waals surface area contributed by atoms with E-state index >= 15 is 0 Å². The summed E-state index contributed by atoms with van der Waals surface area (Å²) < 4.78 is 31.7. The van der Waals surface area contributed by atoms with Gasteiger partial charge in [-0.05, 0) is 62.2 Å². The first-order chi connectivity index (χ1) is 17.1. The van der Waals surface area contributed by atoms with Gasteiger partial charge in [-0.1, -0.05) is 29.8 Å². The lowest BCUT2D eigenvalue weighted by Crippen LogP contribution is -2.35. The van der Waals surface area contributed by atoms with Gasteiger partial charge < -0.3 is 20.0 Å². The van der Waals surface area contributed by atoms with Crippen molar-refractivity contribution in [3.63, 3.8) is 0 Å². The maximum atomic E-state index is 12.4. The van der Waals surface area contributed by atoms with Crippen LogP contribution in [0.3, 0.4) is 0 Å². The van der Waals surface area contributed by atoms with Crippen molar-refractivity contribution in [2.24, 2.45) is 0 Å². The van der Waals surface area contributed by atoms with Crippen LogP contribution in [0.2, 0.25) is 5.02 Å². The van der Waals surface area contributed by atoms with E-state index in [9.17, 15) is 18.0 Å². The second-order valence-electron chi connectivity index (χ2n) is 8.64. The van der Waals surface area contributed by atoms with Crippen LogP contribution in [0.15, 0.2) is 53.5 Å². The normalized spacial score (nSPS) is 15.1. The third-order valence-corrected chi connectivity index (χ3v) is 6.51. The van der Waals surface area contributed by atoms with Crippen LogP contribution >= 0.6 is 11.6 Å². The number of carbonyl (C=O) groups is 1. The van der Waals surface area contributed by atoms with Crippen LogP contribution in [-0.2, 0) is 11.2 Å². The minimum atomic E-state index is -5.08. The lowest BCUT2D eigenvalue weighted by atomic mass is 9.95. The van der Waals surface area contributed by atoms with E-state index in [0.717, 1.165) is 60.8 Å². The summed E-state index contributed by atoms with van der Waals surface area (Å²) >= 11 is 6.08. The molecule has 0 aliphatic carbocycles. The fourth-order valence-corrected chi connectivity index (χ4v) is 4.54. The first-order valence-corrected chi connectivity index (χ1v) is 11.8.